The van der Waals surface area contributed by atoms with E-state index in [4.69, 9.17) is 5.73 Å². The van der Waals surface area contributed by atoms with Gasteiger partial charge in [-0.2, -0.15) is 0 Å². The number of aliphatic imine (C=N–C) groups is 1. The van der Waals surface area contributed by atoms with Crippen molar-refractivity contribution in [2.75, 3.05) is 13.7 Å². The highest BCUT2D eigenvalue weighted by Gasteiger charge is 2.17. The van der Waals surface area contributed by atoms with Crippen LogP contribution in [0.25, 0.3) is 0 Å². The first kappa shape index (κ1) is 5.08. The van der Waals surface area contributed by atoms with Crippen molar-refractivity contribution in [2.24, 2.45) is 10.7 Å². The first-order chi connectivity index (χ1) is 3.72. The first-order valence-electron chi connectivity index (χ1n) is 2.27. The van der Waals surface area contributed by atoms with Crippen LogP contribution < -0.4 is 5.73 Å². The van der Waals surface area contributed by atoms with Crippen molar-refractivity contribution in [2.45, 2.75) is 0 Å². The van der Waals surface area contributed by atoms with E-state index < -0.39 is 0 Å². The van der Waals surface area contributed by atoms with Gasteiger partial charge >= 0.3 is 0 Å². The zero-order valence-electron chi connectivity index (χ0n) is 4.59. The van der Waals surface area contributed by atoms with E-state index in [0.29, 0.717) is 6.67 Å². The minimum absolute atomic E-state index is 0.118. The minimum atomic E-state index is -0.176. The second-order valence-corrected chi connectivity index (χ2v) is 1.69. The molecule has 1 aliphatic heterocycles. The summed E-state index contributed by atoms with van der Waals surface area (Å²) in [6.07, 6.45) is 0. The van der Waals surface area contributed by atoms with Crippen LogP contribution in [-0.2, 0) is 4.79 Å². The smallest absolute Gasteiger partial charge is 0.289 e. The molecule has 0 radical (unpaired) electrons. The second-order valence-electron chi connectivity index (χ2n) is 1.69. The van der Waals surface area contributed by atoms with Crippen molar-refractivity contribution >= 4 is 11.7 Å². The quantitative estimate of drug-likeness (QED) is 0.427. The van der Waals surface area contributed by atoms with Crippen molar-refractivity contribution < 1.29 is 4.79 Å². The fraction of sp³-hybridized carbons (Fsp3) is 0.500. The lowest BCUT2D eigenvalue weighted by atomic mass is 10.6. The van der Waals surface area contributed by atoms with E-state index in [1.807, 2.05) is 0 Å². The first-order valence-corrected chi connectivity index (χ1v) is 2.27. The zero-order valence-corrected chi connectivity index (χ0v) is 4.59. The lowest BCUT2D eigenvalue weighted by Crippen LogP contribution is -2.30. The van der Waals surface area contributed by atoms with Gasteiger partial charge < -0.3 is 10.6 Å². The minimum Gasteiger partial charge on any atom is -0.379 e. The highest BCUT2D eigenvalue weighted by molar-refractivity contribution is 6.38. The summed E-state index contributed by atoms with van der Waals surface area (Å²) in [4.78, 5) is 15.7. The Morgan fingerprint density at radius 1 is 1.88 bits per heavy atom. The van der Waals surface area contributed by atoms with Crippen molar-refractivity contribution in [1.82, 2.24) is 4.90 Å². The van der Waals surface area contributed by atoms with Gasteiger partial charge in [-0.15, -0.1) is 0 Å². The van der Waals surface area contributed by atoms with Gasteiger partial charge in [0.25, 0.3) is 5.91 Å². The molecule has 0 aromatic rings. The predicted molar refractivity (Wildman–Crippen MR) is 29.3 cm³/mol. The lowest BCUT2D eigenvalue weighted by Gasteiger charge is -2.02. The average Bonchev–Trinajstić information content (AvgIpc) is 1.98. The van der Waals surface area contributed by atoms with Crippen LogP contribution in [0.4, 0.5) is 0 Å². The molecule has 0 atom stereocenters. The van der Waals surface area contributed by atoms with Crippen LogP contribution in [0.3, 0.4) is 0 Å². The third-order valence-corrected chi connectivity index (χ3v) is 1.02. The summed E-state index contributed by atoms with van der Waals surface area (Å²) < 4.78 is 0. The largest absolute Gasteiger partial charge is 0.379 e. The van der Waals surface area contributed by atoms with E-state index in [1.165, 1.54) is 4.90 Å². The molecular formula is C4H7N3O. The van der Waals surface area contributed by atoms with Crippen LogP contribution in [0.5, 0.6) is 0 Å². The van der Waals surface area contributed by atoms with Crippen molar-refractivity contribution in [3.63, 3.8) is 0 Å². The summed E-state index contributed by atoms with van der Waals surface area (Å²) in [5.41, 5.74) is 5.13. The Kier molecular flexibility index (Phi) is 0.932. The molecule has 0 unspecified atom stereocenters. The molecule has 8 heavy (non-hydrogen) atoms. The summed E-state index contributed by atoms with van der Waals surface area (Å²) in [5.74, 6) is -0.0579. The molecule has 4 nitrogen and oxygen atoms in total. The molecule has 0 aromatic carbocycles. The number of amidine groups is 1. The molecule has 2 N–H and O–H groups in total. The molecule has 1 rings (SSSR count). The number of nitrogens with zero attached hydrogens (tertiary/aromatic N) is 2. The molecule has 0 bridgehead atoms. The van der Waals surface area contributed by atoms with E-state index in [0.717, 1.165) is 0 Å². The number of carbonyl (C=O) groups excluding carboxylic acids is 1. The van der Waals surface area contributed by atoms with Crippen molar-refractivity contribution in [1.29, 1.82) is 0 Å². The van der Waals surface area contributed by atoms with Gasteiger partial charge in [-0.3, -0.25) is 4.79 Å². The summed E-state index contributed by atoms with van der Waals surface area (Å²) in [6.45, 7) is 0.407. The molecule has 0 aromatic heterocycles. The summed E-state index contributed by atoms with van der Waals surface area (Å²) in [6, 6.07) is 0. The fourth-order valence-electron chi connectivity index (χ4n) is 0.510. The Labute approximate surface area is 47.0 Å². The molecule has 0 spiro atoms. The zero-order chi connectivity index (χ0) is 6.15. The highest BCUT2D eigenvalue weighted by atomic mass is 16.2. The van der Waals surface area contributed by atoms with Crippen LogP contribution in [-0.4, -0.2) is 30.4 Å². The van der Waals surface area contributed by atoms with E-state index in [9.17, 15) is 4.79 Å². The molecule has 1 amide bonds. The molecule has 1 aliphatic rings. The Bertz CT molecular complexity index is 151. The number of nitrogens with two attached hydrogens (primary N) is 1. The van der Waals surface area contributed by atoms with E-state index in [-0.39, 0.29) is 11.7 Å². The van der Waals surface area contributed by atoms with Crippen LogP contribution >= 0.6 is 0 Å². The van der Waals surface area contributed by atoms with Gasteiger partial charge in [0.1, 0.15) is 6.67 Å². The average molecular weight is 113 g/mol. The lowest BCUT2D eigenvalue weighted by molar-refractivity contribution is -0.121. The molecule has 0 fully saturated rings. The van der Waals surface area contributed by atoms with Gasteiger partial charge in [0, 0.05) is 7.05 Å². The van der Waals surface area contributed by atoms with Gasteiger partial charge in [0.15, 0.2) is 5.84 Å². The molecule has 44 valence electrons. The van der Waals surface area contributed by atoms with Gasteiger partial charge in [0.2, 0.25) is 0 Å². The summed E-state index contributed by atoms with van der Waals surface area (Å²) in [5, 5.41) is 0. The number of hydrogen-bond donors (Lipinski definition) is 1. The number of likely N-dealkylation sites (N-methyl/N-ethyl adjacent to an activating group) is 1. The van der Waals surface area contributed by atoms with E-state index >= 15 is 0 Å². The van der Waals surface area contributed by atoms with Crippen LogP contribution in [0.15, 0.2) is 4.99 Å². The third kappa shape index (κ3) is 0.538. The van der Waals surface area contributed by atoms with Gasteiger partial charge in [-0.1, -0.05) is 0 Å². The Balaban J connectivity index is 2.73. The van der Waals surface area contributed by atoms with Crippen LogP contribution in [0, 0.1) is 0 Å². The van der Waals surface area contributed by atoms with E-state index in [2.05, 4.69) is 4.99 Å². The predicted octanol–water partition coefficient (Wildman–Crippen LogP) is -1.23. The molecule has 4 heteroatoms. The molecule has 0 saturated heterocycles. The Morgan fingerprint density at radius 3 is 2.62 bits per heavy atom. The standard InChI is InChI=1S/C4H7N3O/c1-7-2-6-3(5)4(7)8/h2H2,1H3,(H2,5,6). The number of carbonyl (C=O) groups is 1. The fourth-order valence-corrected chi connectivity index (χ4v) is 0.510. The van der Waals surface area contributed by atoms with Gasteiger partial charge in [-0.25, -0.2) is 4.99 Å². The highest BCUT2D eigenvalue weighted by Crippen LogP contribution is 1.93. The maximum absolute atomic E-state index is 10.6. The molecular weight excluding hydrogens is 106 g/mol. The number of rotatable bonds is 0. The monoisotopic (exact) mass is 113 g/mol. The Hall–Kier alpha value is -1.06. The summed E-state index contributed by atoms with van der Waals surface area (Å²) >= 11 is 0. The number of amides is 1. The normalized spacial score (nSPS) is 19.4. The summed E-state index contributed by atoms with van der Waals surface area (Å²) in [7, 11) is 1.66. The SMILES string of the molecule is CN1CN=C(N)C1=O. The van der Waals surface area contributed by atoms with Gasteiger partial charge in [0.05, 0.1) is 0 Å². The van der Waals surface area contributed by atoms with Gasteiger partial charge in [-0.05, 0) is 0 Å². The maximum Gasteiger partial charge on any atom is 0.289 e. The molecule has 0 saturated carbocycles. The maximum atomic E-state index is 10.6. The topological polar surface area (TPSA) is 58.7 Å². The van der Waals surface area contributed by atoms with Crippen molar-refractivity contribution in [3.05, 3.63) is 0 Å². The third-order valence-electron chi connectivity index (χ3n) is 1.02. The second kappa shape index (κ2) is 1.47. The Morgan fingerprint density at radius 2 is 2.50 bits per heavy atom. The molecule has 0 aliphatic carbocycles. The van der Waals surface area contributed by atoms with Crippen LogP contribution in [0.1, 0.15) is 0 Å². The number of hydrogen-bond acceptors (Lipinski definition) is 3. The molecule has 1 heterocycles. The van der Waals surface area contributed by atoms with Crippen molar-refractivity contribution in [3.8, 4) is 0 Å². The van der Waals surface area contributed by atoms with E-state index in [1.54, 1.807) is 7.05 Å². The van der Waals surface area contributed by atoms with Crippen LogP contribution in [0.2, 0.25) is 0 Å².